The van der Waals surface area contributed by atoms with Crippen LogP contribution < -0.4 is 19.8 Å². The van der Waals surface area contributed by atoms with Gasteiger partial charge in [-0.05, 0) is 30.2 Å². The number of ether oxygens (including phenoxy) is 1. The van der Waals surface area contributed by atoms with Crippen molar-refractivity contribution in [3.8, 4) is 5.75 Å². The van der Waals surface area contributed by atoms with Crippen LogP contribution in [0.1, 0.15) is 27.3 Å². The molecule has 1 heterocycles. The molecule has 0 unspecified atom stereocenters. The number of amides is 1. The van der Waals surface area contributed by atoms with Gasteiger partial charge in [-0.25, -0.2) is 8.42 Å². The molecule has 3 aromatic rings. The normalized spacial score (nSPS) is 10.8. The molecule has 0 radical (unpaired) electrons. The molecule has 168 valence electrons. The van der Waals surface area contributed by atoms with Gasteiger partial charge in [0.15, 0.2) is 11.4 Å². The van der Waals surface area contributed by atoms with Crippen molar-refractivity contribution in [3.05, 3.63) is 93.4 Å². The summed E-state index contributed by atoms with van der Waals surface area (Å²) in [6.45, 7) is 1.86. The molecule has 0 aliphatic heterocycles. The molecule has 2 aromatic carbocycles. The topological polar surface area (TPSA) is 97.7 Å². The van der Waals surface area contributed by atoms with Gasteiger partial charge in [-0.15, -0.1) is 0 Å². The quantitative estimate of drug-likeness (QED) is 0.508. The maximum absolute atomic E-state index is 12.9. The van der Waals surface area contributed by atoms with Gasteiger partial charge in [-0.1, -0.05) is 42.5 Å². The number of hydrogen-bond acceptors (Lipinski definition) is 5. The molecule has 0 fully saturated rings. The minimum atomic E-state index is -2.99. The second kappa shape index (κ2) is 10.1. The van der Waals surface area contributed by atoms with E-state index in [-0.39, 0.29) is 24.6 Å². The number of nitrogens with one attached hydrogen (secondary N) is 1. The maximum atomic E-state index is 12.9. The number of nitrogens with zero attached hydrogens (tertiary/aromatic N) is 2. The molecule has 0 saturated heterocycles. The van der Waals surface area contributed by atoms with Crippen LogP contribution in [-0.2, 0) is 31.1 Å². The zero-order valence-electron chi connectivity index (χ0n) is 18.1. The molecular formula is C23H25N3O5S. The van der Waals surface area contributed by atoms with E-state index in [2.05, 4.69) is 5.32 Å². The van der Waals surface area contributed by atoms with Crippen molar-refractivity contribution in [2.45, 2.75) is 20.1 Å². The summed E-state index contributed by atoms with van der Waals surface area (Å²) in [5, 5.41) is 2.52. The lowest BCUT2D eigenvalue weighted by Gasteiger charge is -2.22. The Balaban J connectivity index is 2.02. The van der Waals surface area contributed by atoms with Crippen LogP contribution in [0.4, 0.5) is 5.69 Å². The van der Waals surface area contributed by atoms with Gasteiger partial charge < -0.3 is 14.6 Å². The van der Waals surface area contributed by atoms with Gasteiger partial charge >= 0.3 is 0 Å². The summed E-state index contributed by atoms with van der Waals surface area (Å²) in [6, 6.07) is 17.6. The SMILES string of the molecule is CNC(=O)c1c(OCc2ccccc2)c(=O)cc(CN(c2cccc(C)c2)[SH](=O)=O)n1C. The molecule has 32 heavy (non-hydrogen) atoms. The number of rotatable bonds is 8. The first-order valence-electron chi connectivity index (χ1n) is 9.92. The van der Waals surface area contributed by atoms with E-state index in [0.29, 0.717) is 11.4 Å². The van der Waals surface area contributed by atoms with E-state index >= 15 is 0 Å². The Morgan fingerprint density at radius 3 is 2.44 bits per heavy atom. The molecule has 8 nitrogen and oxygen atoms in total. The van der Waals surface area contributed by atoms with Crippen LogP contribution in [0.15, 0.2) is 65.5 Å². The number of anilines is 1. The Morgan fingerprint density at radius 1 is 1.09 bits per heavy atom. The zero-order valence-corrected chi connectivity index (χ0v) is 19.0. The van der Waals surface area contributed by atoms with Gasteiger partial charge in [-0.3, -0.25) is 13.9 Å². The molecule has 9 heteroatoms. The molecule has 0 atom stereocenters. The van der Waals surface area contributed by atoms with Gasteiger partial charge in [0.1, 0.15) is 6.61 Å². The molecule has 0 bridgehead atoms. The van der Waals surface area contributed by atoms with E-state index in [1.165, 1.54) is 17.7 Å². The minimum absolute atomic E-state index is 0.0243. The Hall–Kier alpha value is -3.59. The van der Waals surface area contributed by atoms with E-state index in [9.17, 15) is 18.0 Å². The summed E-state index contributed by atoms with van der Waals surface area (Å²) < 4.78 is 32.4. The number of benzene rings is 2. The molecule has 0 aliphatic rings. The molecular weight excluding hydrogens is 430 g/mol. The summed E-state index contributed by atoms with van der Waals surface area (Å²) in [4.78, 5) is 25.5. The number of carbonyl (C=O) groups is 1. The summed E-state index contributed by atoms with van der Waals surface area (Å²) in [5.74, 6) is -0.601. The van der Waals surface area contributed by atoms with Crippen molar-refractivity contribution in [1.82, 2.24) is 9.88 Å². The first-order chi connectivity index (χ1) is 15.3. The van der Waals surface area contributed by atoms with Gasteiger partial charge in [0, 0.05) is 25.9 Å². The highest BCUT2D eigenvalue weighted by molar-refractivity contribution is 7.74. The van der Waals surface area contributed by atoms with E-state index in [1.807, 2.05) is 43.3 Å². The van der Waals surface area contributed by atoms with Crippen LogP contribution in [0.3, 0.4) is 0 Å². The monoisotopic (exact) mass is 455 g/mol. The van der Waals surface area contributed by atoms with E-state index < -0.39 is 22.2 Å². The van der Waals surface area contributed by atoms with Crippen LogP contribution in [0.25, 0.3) is 0 Å². The predicted octanol–water partition coefficient (Wildman–Crippen LogP) is 2.17. The third-order valence-corrected chi connectivity index (χ3v) is 5.75. The number of thiol groups is 1. The van der Waals surface area contributed by atoms with Crippen LogP contribution in [0.2, 0.25) is 0 Å². The second-order valence-electron chi connectivity index (χ2n) is 7.22. The molecule has 1 N–H and O–H groups in total. The number of aryl methyl sites for hydroxylation is 1. The minimum Gasteiger partial charge on any atom is -0.483 e. The standard InChI is InChI=1S/C23H25N3O5S/c1-16-8-7-11-18(12-16)26(32(29)30)14-19-13-20(27)22(21(25(19)3)23(28)24-2)31-15-17-9-5-4-6-10-17/h4-13,32H,14-15H2,1-3H3,(H,24,28). The molecule has 0 saturated carbocycles. The number of aromatic nitrogens is 1. The van der Waals surface area contributed by atoms with Gasteiger partial charge in [0.25, 0.3) is 5.91 Å². The lowest BCUT2D eigenvalue weighted by atomic mass is 10.2. The maximum Gasteiger partial charge on any atom is 0.271 e. The second-order valence-corrected chi connectivity index (χ2v) is 8.18. The predicted molar refractivity (Wildman–Crippen MR) is 124 cm³/mol. The van der Waals surface area contributed by atoms with Crippen LogP contribution in [0, 0.1) is 6.92 Å². The van der Waals surface area contributed by atoms with Crippen molar-refractivity contribution < 1.29 is 17.9 Å². The largest absolute Gasteiger partial charge is 0.483 e. The fourth-order valence-electron chi connectivity index (χ4n) is 3.31. The smallest absolute Gasteiger partial charge is 0.271 e. The van der Waals surface area contributed by atoms with Crippen LogP contribution in [0.5, 0.6) is 5.75 Å². The molecule has 1 aromatic heterocycles. The lowest BCUT2D eigenvalue weighted by Crippen LogP contribution is -2.31. The Morgan fingerprint density at radius 2 is 1.81 bits per heavy atom. The Kier molecular flexibility index (Phi) is 7.32. The summed E-state index contributed by atoms with van der Waals surface area (Å²) >= 11 is 0. The summed E-state index contributed by atoms with van der Waals surface area (Å²) in [5.41, 5.74) is 2.08. The molecule has 0 aliphatic carbocycles. The van der Waals surface area contributed by atoms with E-state index in [1.54, 1.807) is 25.2 Å². The lowest BCUT2D eigenvalue weighted by molar-refractivity contribution is 0.0948. The molecule has 0 spiro atoms. The highest BCUT2D eigenvalue weighted by atomic mass is 32.2. The Bertz CT molecular complexity index is 1240. The number of pyridine rings is 1. The van der Waals surface area contributed by atoms with Gasteiger partial charge in [-0.2, -0.15) is 0 Å². The van der Waals surface area contributed by atoms with Crippen molar-refractivity contribution in [1.29, 1.82) is 0 Å². The fraction of sp³-hybridized carbons (Fsp3) is 0.217. The number of hydrogen-bond donors (Lipinski definition) is 2. The molecule has 1 amide bonds. The van der Waals surface area contributed by atoms with Crippen LogP contribution in [-0.4, -0.2) is 25.9 Å². The zero-order chi connectivity index (χ0) is 23.3. The highest BCUT2D eigenvalue weighted by Crippen LogP contribution is 2.22. The van der Waals surface area contributed by atoms with Crippen molar-refractivity contribution in [2.24, 2.45) is 7.05 Å². The average Bonchev–Trinajstić information content (AvgIpc) is 2.78. The third-order valence-electron chi connectivity index (χ3n) is 4.98. The first kappa shape index (κ1) is 23.1. The summed E-state index contributed by atoms with van der Waals surface area (Å²) in [7, 11) is 0.0653. The molecule has 3 rings (SSSR count). The number of carbonyl (C=O) groups excluding carboxylic acids is 1. The van der Waals surface area contributed by atoms with Crippen molar-refractivity contribution in [3.63, 3.8) is 0 Å². The summed E-state index contributed by atoms with van der Waals surface area (Å²) in [6.07, 6.45) is 0. The van der Waals surface area contributed by atoms with Gasteiger partial charge in [0.05, 0.1) is 12.2 Å². The Labute approximate surface area is 188 Å². The van der Waals surface area contributed by atoms with Crippen molar-refractivity contribution in [2.75, 3.05) is 11.4 Å². The highest BCUT2D eigenvalue weighted by Gasteiger charge is 2.22. The van der Waals surface area contributed by atoms with Gasteiger partial charge in [0.2, 0.25) is 16.3 Å². The van der Waals surface area contributed by atoms with E-state index in [4.69, 9.17) is 4.74 Å². The van der Waals surface area contributed by atoms with E-state index in [0.717, 1.165) is 15.4 Å². The third kappa shape index (κ3) is 5.17. The average molecular weight is 456 g/mol. The van der Waals surface area contributed by atoms with Crippen LogP contribution >= 0.6 is 0 Å². The first-order valence-corrected chi connectivity index (χ1v) is 11.0. The van der Waals surface area contributed by atoms with Crippen molar-refractivity contribution >= 4 is 22.5 Å². The fourth-order valence-corrected chi connectivity index (χ4v) is 3.88.